The van der Waals surface area contributed by atoms with Crippen LogP contribution in [0, 0.1) is 22.9 Å². The largest absolute Gasteiger partial charge is 0.497 e. The lowest BCUT2D eigenvalue weighted by atomic mass is 9.73. The number of pyridine rings is 1. The first kappa shape index (κ1) is 29.5. The molecule has 1 saturated heterocycles. The molecule has 4 rings (SSSR count). The van der Waals surface area contributed by atoms with Crippen molar-refractivity contribution in [1.82, 2.24) is 15.4 Å². The highest BCUT2D eigenvalue weighted by molar-refractivity contribution is 5.85. The number of benzene rings is 2. The Morgan fingerprint density at radius 1 is 1.20 bits per heavy atom. The van der Waals surface area contributed by atoms with Gasteiger partial charge in [0, 0.05) is 47.9 Å². The summed E-state index contributed by atoms with van der Waals surface area (Å²) in [7, 11) is 1.47. The molecule has 1 aromatic heterocycles. The molecule has 1 aliphatic rings. The minimum Gasteiger partial charge on any atom is -0.497 e. The molecule has 3 aromatic rings. The molecule has 1 aliphatic heterocycles. The second kappa shape index (κ2) is 12.8. The Labute approximate surface area is 228 Å². The van der Waals surface area contributed by atoms with E-state index in [2.05, 4.69) is 10.3 Å². The molecule has 7 nitrogen and oxygen atoms in total. The standard InChI is InChI=1S/C28H31F5N4O3/c1-40-19-2-3-23-20(14-19)25(17(15-29)16-35-23)21(31)4-5-28(27(38)36-39)6-9-37(10-7-28)11-8-34-24-13-18(30)12-22(32)26(24)33/h2-3,12-14,16,21,34,39H,4-11,15H2,1H3,(H,36,38)/t21-/m1/s1. The summed E-state index contributed by atoms with van der Waals surface area (Å²) in [6, 6.07) is 6.28. The van der Waals surface area contributed by atoms with E-state index in [1.807, 2.05) is 4.90 Å². The number of aromatic nitrogens is 1. The van der Waals surface area contributed by atoms with Gasteiger partial charge in [0.05, 0.1) is 23.7 Å². The van der Waals surface area contributed by atoms with Crippen LogP contribution in [0.15, 0.2) is 36.5 Å². The number of alkyl halides is 2. The summed E-state index contributed by atoms with van der Waals surface area (Å²) in [5, 5.41) is 12.5. The van der Waals surface area contributed by atoms with Crippen molar-refractivity contribution in [2.75, 3.05) is 38.6 Å². The van der Waals surface area contributed by atoms with Crippen molar-refractivity contribution < 1.29 is 36.7 Å². The van der Waals surface area contributed by atoms with Crippen LogP contribution in [-0.2, 0) is 11.5 Å². The lowest BCUT2D eigenvalue weighted by Crippen LogP contribution is -2.49. The van der Waals surface area contributed by atoms with Gasteiger partial charge in [-0.2, -0.15) is 0 Å². The number of hydrogen-bond acceptors (Lipinski definition) is 6. The molecular formula is C28H31F5N4O3. The summed E-state index contributed by atoms with van der Waals surface area (Å²) < 4.78 is 75.6. The van der Waals surface area contributed by atoms with Gasteiger partial charge in [-0.3, -0.25) is 15.0 Å². The van der Waals surface area contributed by atoms with Crippen LogP contribution in [0.2, 0.25) is 0 Å². The molecule has 1 atom stereocenters. The van der Waals surface area contributed by atoms with Crippen molar-refractivity contribution in [2.45, 2.75) is 38.5 Å². The molecule has 0 unspecified atom stereocenters. The molecule has 0 spiro atoms. The zero-order chi connectivity index (χ0) is 28.9. The Kier molecular flexibility index (Phi) is 9.41. The number of methoxy groups -OCH3 is 1. The number of nitrogens with one attached hydrogen (secondary N) is 2. The maximum absolute atomic E-state index is 15.8. The van der Waals surface area contributed by atoms with E-state index in [9.17, 15) is 27.6 Å². The van der Waals surface area contributed by atoms with Crippen LogP contribution >= 0.6 is 0 Å². The number of anilines is 1. The average molecular weight is 567 g/mol. The van der Waals surface area contributed by atoms with E-state index in [1.54, 1.807) is 23.7 Å². The third-order valence-electron chi connectivity index (χ3n) is 7.67. The van der Waals surface area contributed by atoms with E-state index in [1.165, 1.54) is 13.3 Å². The Morgan fingerprint density at radius 3 is 2.62 bits per heavy atom. The number of rotatable bonds is 11. The third-order valence-corrected chi connectivity index (χ3v) is 7.67. The fourth-order valence-corrected chi connectivity index (χ4v) is 5.33. The van der Waals surface area contributed by atoms with E-state index >= 15 is 4.39 Å². The van der Waals surface area contributed by atoms with Gasteiger partial charge >= 0.3 is 0 Å². The summed E-state index contributed by atoms with van der Waals surface area (Å²) in [6.07, 6.45) is 0.313. The minimum atomic E-state index is -1.60. The smallest absolute Gasteiger partial charge is 0.249 e. The molecule has 0 saturated carbocycles. The van der Waals surface area contributed by atoms with Crippen molar-refractivity contribution in [3.05, 3.63) is 65.1 Å². The predicted molar refractivity (Wildman–Crippen MR) is 139 cm³/mol. The molecular weight excluding hydrogens is 535 g/mol. The lowest BCUT2D eigenvalue weighted by molar-refractivity contribution is -0.143. The highest BCUT2D eigenvalue weighted by Crippen LogP contribution is 2.41. The van der Waals surface area contributed by atoms with Crippen molar-refractivity contribution in [2.24, 2.45) is 5.41 Å². The number of fused-ring (bicyclic) bond motifs is 1. The van der Waals surface area contributed by atoms with Crippen molar-refractivity contribution in [1.29, 1.82) is 0 Å². The number of hydroxylamine groups is 1. The summed E-state index contributed by atoms with van der Waals surface area (Å²) in [5.74, 6) is -3.51. The molecule has 2 aromatic carbocycles. The molecule has 12 heteroatoms. The first-order chi connectivity index (χ1) is 19.2. The first-order valence-corrected chi connectivity index (χ1v) is 12.9. The van der Waals surface area contributed by atoms with Gasteiger partial charge in [-0.05, 0) is 57.0 Å². The van der Waals surface area contributed by atoms with Crippen LogP contribution in [0.4, 0.5) is 27.6 Å². The fourth-order valence-electron chi connectivity index (χ4n) is 5.33. The van der Waals surface area contributed by atoms with Crippen LogP contribution in [-0.4, -0.2) is 54.3 Å². The van der Waals surface area contributed by atoms with Crippen LogP contribution < -0.4 is 15.5 Å². The topological polar surface area (TPSA) is 86.7 Å². The summed E-state index contributed by atoms with van der Waals surface area (Å²) in [6.45, 7) is 0.503. The van der Waals surface area contributed by atoms with Gasteiger partial charge in [0.2, 0.25) is 5.91 Å². The highest BCUT2D eigenvalue weighted by atomic mass is 19.2. The van der Waals surface area contributed by atoms with Gasteiger partial charge in [-0.25, -0.2) is 27.4 Å². The molecule has 1 amide bonds. The van der Waals surface area contributed by atoms with Crippen LogP contribution in [0.5, 0.6) is 5.75 Å². The summed E-state index contributed by atoms with van der Waals surface area (Å²) in [5.41, 5.74) is 1.13. The molecule has 1 fully saturated rings. The zero-order valence-electron chi connectivity index (χ0n) is 22.0. The van der Waals surface area contributed by atoms with Gasteiger partial charge in [0.1, 0.15) is 24.4 Å². The second-order valence-electron chi connectivity index (χ2n) is 9.96. The average Bonchev–Trinajstić information content (AvgIpc) is 2.97. The quantitative estimate of drug-likeness (QED) is 0.121. The maximum atomic E-state index is 15.8. The Morgan fingerprint density at radius 2 is 1.95 bits per heavy atom. The molecule has 216 valence electrons. The monoisotopic (exact) mass is 566 g/mol. The van der Waals surface area contributed by atoms with Crippen molar-refractivity contribution in [3.63, 3.8) is 0 Å². The number of nitrogens with zero attached hydrogens (tertiary/aromatic N) is 2. The Hall–Kier alpha value is -3.51. The summed E-state index contributed by atoms with van der Waals surface area (Å²) in [4.78, 5) is 18.9. The van der Waals surface area contributed by atoms with Crippen molar-refractivity contribution >= 4 is 22.5 Å². The normalized spacial score (nSPS) is 16.1. The number of halogens is 5. The van der Waals surface area contributed by atoms with Gasteiger partial charge in [-0.15, -0.1) is 0 Å². The van der Waals surface area contributed by atoms with Gasteiger partial charge < -0.3 is 15.0 Å². The number of likely N-dealkylation sites (tertiary alicyclic amines) is 1. The van der Waals surface area contributed by atoms with E-state index < -0.39 is 41.6 Å². The molecule has 0 aliphatic carbocycles. The van der Waals surface area contributed by atoms with E-state index in [-0.39, 0.29) is 36.2 Å². The second-order valence-corrected chi connectivity index (χ2v) is 9.96. The Balaban J connectivity index is 1.42. The molecule has 0 bridgehead atoms. The Bertz CT molecular complexity index is 1350. The number of carbonyl (C=O) groups excluding carboxylic acids is 1. The maximum Gasteiger partial charge on any atom is 0.249 e. The van der Waals surface area contributed by atoms with E-state index in [4.69, 9.17) is 4.74 Å². The SMILES string of the molecule is COc1ccc2ncc(CF)c([C@H](F)CCC3(C(=O)NO)CCN(CCNc4cc(F)cc(F)c4F)CC3)c2c1. The zero-order valence-corrected chi connectivity index (χ0v) is 22.0. The first-order valence-electron chi connectivity index (χ1n) is 12.9. The fraction of sp³-hybridized carbons (Fsp3) is 0.429. The van der Waals surface area contributed by atoms with Crippen LogP contribution in [0.1, 0.15) is 43.0 Å². The summed E-state index contributed by atoms with van der Waals surface area (Å²) >= 11 is 0. The van der Waals surface area contributed by atoms with Crippen molar-refractivity contribution in [3.8, 4) is 5.75 Å². The van der Waals surface area contributed by atoms with Crippen LogP contribution in [0.25, 0.3) is 10.9 Å². The van der Waals surface area contributed by atoms with E-state index in [0.29, 0.717) is 55.2 Å². The molecule has 0 radical (unpaired) electrons. The number of ether oxygens (including phenoxy) is 1. The minimum absolute atomic E-state index is 0.0945. The van der Waals surface area contributed by atoms with Gasteiger partial charge in [0.25, 0.3) is 0 Å². The number of amides is 1. The van der Waals surface area contributed by atoms with Crippen LogP contribution in [0.3, 0.4) is 0 Å². The molecule has 3 N–H and O–H groups in total. The van der Waals surface area contributed by atoms with Gasteiger partial charge in [-0.1, -0.05) is 0 Å². The lowest BCUT2D eigenvalue weighted by Gasteiger charge is -2.40. The number of piperidine rings is 1. The molecule has 40 heavy (non-hydrogen) atoms. The number of carbonyl (C=O) groups is 1. The predicted octanol–water partition coefficient (Wildman–Crippen LogP) is 5.62. The third kappa shape index (κ3) is 6.28. The number of hydrogen-bond donors (Lipinski definition) is 3. The highest BCUT2D eigenvalue weighted by Gasteiger charge is 2.41. The van der Waals surface area contributed by atoms with E-state index in [0.717, 1.165) is 6.07 Å². The van der Waals surface area contributed by atoms with Gasteiger partial charge in [0.15, 0.2) is 11.6 Å². The molecule has 2 heterocycles.